The lowest BCUT2D eigenvalue weighted by molar-refractivity contribution is 0.646. The summed E-state index contributed by atoms with van der Waals surface area (Å²) in [6, 6.07) is 12.5. The van der Waals surface area contributed by atoms with Crippen molar-refractivity contribution >= 4 is 23.3 Å². The zero-order valence-corrected chi connectivity index (χ0v) is 15.6. The van der Waals surface area contributed by atoms with Crippen LogP contribution in [0.4, 0.5) is 11.5 Å². The van der Waals surface area contributed by atoms with Crippen LogP contribution in [-0.4, -0.2) is 47.4 Å². The van der Waals surface area contributed by atoms with Crippen molar-refractivity contribution in [1.82, 2.24) is 15.0 Å². The zero-order chi connectivity index (χ0) is 17.8. The molecule has 1 aliphatic rings. The molecule has 0 amide bonds. The van der Waals surface area contributed by atoms with Gasteiger partial charge in [-0.15, -0.1) is 11.8 Å². The minimum atomic E-state index is 0.934. The van der Waals surface area contributed by atoms with Gasteiger partial charge in [-0.25, -0.2) is 4.98 Å². The minimum absolute atomic E-state index is 0.934. The average Bonchev–Trinajstić information content (AvgIpc) is 2.74. The number of thioether (sulfide) groups is 1. The fourth-order valence-corrected chi connectivity index (χ4v) is 3.85. The summed E-state index contributed by atoms with van der Waals surface area (Å²) in [5.41, 5.74) is 3.31. The van der Waals surface area contributed by atoms with Gasteiger partial charge in [-0.1, -0.05) is 18.2 Å². The number of aromatic nitrogens is 3. The number of piperazine rings is 1. The summed E-state index contributed by atoms with van der Waals surface area (Å²) in [6.07, 6.45) is 9.51. The summed E-state index contributed by atoms with van der Waals surface area (Å²) in [5.74, 6) is 0.952. The van der Waals surface area contributed by atoms with Gasteiger partial charge in [-0.05, 0) is 24.5 Å². The lowest BCUT2D eigenvalue weighted by Gasteiger charge is -2.36. The van der Waals surface area contributed by atoms with E-state index in [0.29, 0.717) is 0 Å². The van der Waals surface area contributed by atoms with E-state index < -0.39 is 0 Å². The van der Waals surface area contributed by atoms with E-state index in [0.717, 1.165) is 43.3 Å². The Morgan fingerprint density at radius 3 is 2.35 bits per heavy atom. The molecule has 132 valence electrons. The van der Waals surface area contributed by atoms with E-state index in [-0.39, 0.29) is 0 Å². The van der Waals surface area contributed by atoms with Crippen LogP contribution in [0.15, 0.2) is 66.1 Å². The van der Waals surface area contributed by atoms with E-state index in [4.69, 9.17) is 4.98 Å². The molecule has 0 unspecified atom stereocenters. The minimum Gasteiger partial charge on any atom is -0.368 e. The van der Waals surface area contributed by atoms with Crippen molar-refractivity contribution in [2.24, 2.45) is 0 Å². The van der Waals surface area contributed by atoms with E-state index >= 15 is 0 Å². The predicted octanol–water partition coefficient (Wildman–Crippen LogP) is 3.59. The highest BCUT2D eigenvalue weighted by Gasteiger charge is 2.19. The molecule has 0 saturated carbocycles. The van der Waals surface area contributed by atoms with Crippen molar-refractivity contribution in [1.29, 1.82) is 0 Å². The van der Waals surface area contributed by atoms with Gasteiger partial charge in [0.05, 0.1) is 18.1 Å². The van der Waals surface area contributed by atoms with Crippen LogP contribution >= 0.6 is 11.8 Å². The molecule has 0 atom stereocenters. The van der Waals surface area contributed by atoms with Crippen molar-refractivity contribution in [2.75, 3.05) is 42.2 Å². The third-order valence-electron chi connectivity index (χ3n) is 4.64. The molecule has 0 N–H and O–H groups in total. The van der Waals surface area contributed by atoms with Crippen molar-refractivity contribution in [3.05, 3.63) is 61.2 Å². The Labute approximate surface area is 158 Å². The van der Waals surface area contributed by atoms with Gasteiger partial charge in [0.2, 0.25) is 0 Å². The Balaban J connectivity index is 1.51. The number of pyridine rings is 1. The second-order valence-corrected chi connectivity index (χ2v) is 6.99. The number of hydrogen-bond donors (Lipinski definition) is 0. The zero-order valence-electron chi connectivity index (χ0n) is 14.7. The number of benzene rings is 1. The predicted molar refractivity (Wildman–Crippen MR) is 108 cm³/mol. The highest BCUT2D eigenvalue weighted by molar-refractivity contribution is 7.98. The molecule has 6 heteroatoms. The second-order valence-electron chi connectivity index (χ2n) is 6.14. The summed E-state index contributed by atoms with van der Waals surface area (Å²) in [6.45, 7) is 3.81. The molecule has 1 aliphatic heterocycles. The third-order valence-corrected chi connectivity index (χ3v) is 5.43. The summed E-state index contributed by atoms with van der Waals surface area (Å²) in [5, 5.41) is 0. The summed E-state index contributed by atoms with van der Waals surface area (Å²) < 4.78 is 0. The first-order valence-electron chi connectivity index (χ1n) is 8.70. The second kappa shape index (κ2) is 7.74. The van der Waals surface area contributed by atoms with Gasteiger partial charge in [-0.2, -0.15) is 0 Å². The molecule has 3 heterocycles. The van der Waals surface area contributed by atoms with E-state index in [1.807, 2.05) is 24.8 Å². The van der Waals surface area contributed by atoms with Crippen LogP contribution in [0.2, 0.25) is 0 Å². The topological polar surface area (TPSA) is 45.2 Å². The highest BCUT2D eigenvalue weighted by Crippen LogP contribution is 2.29. The molecule has 2 aromatic heterocycles. The quantitative estimate of drug-likeness (QED) is 0.660. The standard InChI is InChI=1S/C20H21N5S/c1-26-19-5-3-2-4-17(19)18-14-22-15-20(23-18)25-12-10-24(11-13-25)16-6-8-21-9-7-16/h2-9,14-15H,10-13H2,1H3. The van der Waals surface area contributed by atoms with Crippen LogP contribution in [0.5, 0.6) is 0 Å². The highest BCUT2D eigenvalue weighted by atomic mass is 32.2. The van der Waals surface area contributed by atoms with Crippen LogP contribution in [0.1, 0.15) is 0 Å². The number of rotatable bonds is 4. The van der Waals surface area contributed by atoms with Crippen LogP contribution in [-0.2, 0) is 0 Å². The summed E-state index contributed by atoms with van der Waals surface area (Å²) in [7, 11) is 0. The normalized spacial score (nSPS) is 14.5. The summed E-state index contributed by atoms with van der Waals surface area (Å²) >= 11 is 1.74. The van der Waals surface area contributed by atoms with Crippen LogP contribution in [0.3, 0.4) is 0 Å². The van der Waals surface area contributed by atoms with E-state index in [2.05, 4.69) is 62.4 Å². The molecule has 4 rings (SSSR count). The maximum atomic E-state index is 4.89. The molecule has 26 heavy (non-hydrogen) atoms. The third kappa shape index (κ3) is 3.51. The van der Waals surface area contributed by atoms with Gasteiger partial charge in [-0.3, -0.25) is 9.97 Å². The number of nitrogens with zero attached hydrogens (tertiary/aromatic N) is 5. The molecule has 0 radical (unpaired) electrons. The van der Waals surface area contributed by atoms with Crippen molar-refractivity contribution in [3.8, 4) is 11.3 Å². The van der Waals surface area contributed by atoms with Crippen molar-refractivity contribution in [2.45, 2.75) is 4.90 Å². The van der Waals surface area contributed by atoms with Gasteiger partial charge in [0.1, 0.15) is 5.82 Å². The summed E-state index contributed by atoms with van der Waals surface area (Å²) in [4.78, 5) is 19.4. The van der Waals surface area contributed by atoms with Gasteiger partial charge in [0.15, 0.2) is 0 Å². The molecular weight excluding hydrogens is 342 g/mol. The van der Waals surface area contributed by atoms with Crippen LogP contribution in [0.25, 0.3) is 11.3 Å². The maximum Gasteiger partial charge on any atom is 0.147 e. The smallest absolute Gasteiger partial charge is 0.147 e. The van der Waals surface area contributed by atoms with Gasteiger partial charge in [0.25, 0.3) is 0 Å². The first-order valence-corrected chi connectivity index (χ1v) is 9.93. The first-order chi connectivity index (χ1) is 12.8. The Morgan fingerprint density at radius 1 is 0.846 bits per heavy atom. The molecule has 5 nitrogen and oxygen atoms in total. The van der Waals surface area contributed by atoms with E-state index in [1.54, 1.807) is 11.8 Å². The molecule has 1 fully saturated rings. The van der Waals surface area contributed by atoms with Gasteiger partial charge >= 0.3 is 0 Å². The molecule has 1 saturated heterocycles. The number of anilines is 2. The van der Waals surface area contributed by atoms with Crippen LogP contribution in [0, 0.1) is 0 Å². The molecule has 0 spiro atoms. The largest absolute Gasteiger partial charge is 0.368 e. The van der Waals surface area contributed by atoms with Crippen LogP contribution < -0.4 is 9.80 Å². The Bertz CT molecular complexity index is 863. The molecule has 3 aromatic rings. The van der Waals surface area contributed by atoms with E-state index in [1.165, 1.54) is 10.6 Å². The van der Waals surface area contributed by atoms with Gasteiger partial charge in [0, 0.05) is 54.7 Å². The Hall–Kier alpha value is -2.60. The molecule has 0 aliphatic carbocycles. The maximum absolute atomic E-state index is 4.89. The Kier molecular flexibility index (Phi) is 5.02. The lowest BCUT2D eigenvalue weighted by Crippen LogP contribution is -2.46. The van der Waals surface area contributed by atoms with Gasteiger partial charge < -0.3 is 9.80 Å². The van der Waals surface area contributed by atoms with Crippen molar-refractivity contribution < 1.29 is 0 Å². The van der Waals surface area contributed by atoms with Crippen molar-refractivity contribution in [3.63, 3.8) is 0 Å². The lowest BCUT2D eigenvalue weighted by atomic mass is 10.1. The SMILES string of the molecule is CSc1ccccc1-c1cncc(N2CCN(c3ccncc3)CC2)n1. The molecular formula is C20H21N5S. The number of hydrogen-bond acceptors (Lipinski definition) is 6. The fraction of sp³-hybridized carbons (Fsp3) is 0.250. The van der Waals surface area contributed by atoms with E-state index in [9.17, 15) is 0 Å². The average molecular weight is 363 g/mol. The Morgan fingerprint density at radius 2 is 1.58 bits per heavy atom. The molecule has 0 bridgehead atoms. The monoisotopic (exact) mass is 363 g/mol. The first kappa shape index (κ1) is 16.8. The molecule has 1 aromatic carbocycles. The fourth-order valence-electron chi connectivity index (χ4n) is 3.24.